The van der Waals surface area contributed by atoms with Gasteiger partial charge in [-0.3, -0.25) is 0 Å². The number of allylic oxidation sites excluding steroid dienone is 3. The van der Waals surface area contributed by atoms with Gasteiger partial charge in [-0.1, -0.05) is 54.1 Å². The minimum Gasteiger partial charge on any atom is -0.399 e. The lowest BCUT2D eigenvalue weighted by Gasteiger charge is -2.27. The van der Waals surface area contributed by atoms with E-state index in [0.717, 1.165) is 16.6 Å². The van der Waals surface area contributed by atoms with E-state index in [4.69, 9.17) is 5.73 Å². The van der Waals surface area contributed by atoms with Gasteiger partial charge in [-0.05, 0) is 35.1 Å². The molecule has 1 nitrogen and oxygen atoms in total. The Morgan fingerprint density at radius 1 is 1.25 bits per heavy atom. The van der Waals surface area contributed by atoms with Gasteiger partial charge in [0.2, 0.25) is 0 Å². The second-order valence-electron chi connectivity index (χ2n) is 4.96. The monoisotopic (exact) mass is 277 g/mol. The maximum atomic E-state index is 5.96. The van der Waals surface area contributed by atoms with Crippen LogP contribution >= 0.6 is 15.9 Å². The highest BCUT2D eigenvalue weighted by molar-refractivity contribution is 9.10. The van der Waals surface area contributed by atoms with E-state index in [0.29, 0.717) is 0 Å². The molecule has 1 aromatic carbocycles. The zero-order valence-electron chi connectivity index (χ0n) is 9.63. The zero-order valence-corrected chi connectivity index (χ0v) is 11.2. The summed E-state index contributed by atoms with van der Waals surface area (Å²) in [5.41, 5.74) is 9.51. The normalized spacial score (nSPS) is 18.9. The first-order chi connectivity index (χ1) is 7.48. The molecule has 0 aromatic heterocycles. The van der Waals surface area contributed by atoms with Gasteiger partial charge in [-0.2, -0.15) is 0 Å². The molecule has 0 unspecified atom stereocenters. The van der Waals surface area contributed by atoms with Gasteiger partial charge in [-0.25, -0.2) is 0 Å². The first kappa shape index (κ1) is 11.5. The molecule has 1 aliphatic rings. The highest BCUT2D eigenvalue weighted by Gasteiger charge is 2.22. The Morgan fingerprint density at radius 2 is 1.94 bits per heavy atom. The molecule has 1 aliphatic carbocycles. The summed E-state index contributed by atoms with van der Waals surface area (Å²) in [6.07, 6.45) is 5.23. The predicted octanol–water partition coefficient (Wildman–Crippen LogP) is 4.11. The largest absolute Gasteiger partial charge is 0.399 e. The number of hydrogen-bond acceptors (Lipinski definition) is 1. The van der Waals surface area contributed by atoms with Gasteiger partial charge in [0, 0.05) is 10.2 Å². The number of halogens is 1. The van der Waals surface area contributed by atoms with Crippen LogP contribution in [0.5, 0.6) is 0 Å². The maximum absolute atomic E-state index is 5.96. The summed E-state index contributed by atoms with van der Waals surface area (Å²) >= 11 is 3.59. The zero-order chi connectivity index (χ0) is 11.8. The predicted molar refractivity (Wildman–Crippen MR) is 72.8 cm³/mol. The van der Waals surface area contributed by atoms with Crippen LogP contribution in [0.15, 0.2) is 46.6 Å². The Morgan fingerprint density at radius 3 is 2.56 bits per heavy atom. The lowest BCUT2D eigenvalue weighted by atomic mass is 9.79. The summed E-state index contributed by atoms with van der Waals surface area (Å²) in [6.45, 7) is 4.42. The van der Waals surface area contributed by atoms with Gasteiger partial charge in [0.1, 0.15) is 0 Å². The molecule has 0 atom stereocenters. The summed E-state index contributed by atoms with van der Waals surface area (Å²) in [4.78, 5) is 0. The van der Waals surface area contributed by atoms with E-state index in [1.807, 2.05) is 6.07 Å². The minimum absolute atomic E-state index is 0.142. The molecule has 0 saturated carbocycles. The molecule has 2 rings (SSSR count). The van der Waals surface area contributed by atoms with E-state index in [1.54, 1.807) is 0 Å². The van der Waals surface area contributed by atoms with Crippen LogP contribution in [-0.4, -0.2) is 0 Å². The summed E-state index contributed by atoms with van der Waals surface area (Å²) < 4.78 is 1.13. The van der Waals surface area contributed by atoms with Crippen LogP contribution in [0, 0.1) is 5.41 Å². The molecule has 0 saturated heterocycles. The molecule has 1 aromatic rings. The molecule has 16 heavy (non-hydrogen) atoms. The van der Waals surface area contributed by atoms with Crippen LogP contribution in [0.4, 0.5) is 0 Å². The van der Waals surface area contributed by atoms with Crippen LogP contribution in [0.3, 0.4) is 0 Å². The summed E-state index contributed by atoms with van der Waals surface area (Å²) in [5, 5.41) is 0. The van der Waals surface area contributed by atoms with Crippen molar-refractivity contribution in [3.8, 4) is 0 Å². The molecular formula is C14H16BrN. The topological polar surface area (TPSA) is 26.0 Å². The van der Waals surface area contributed by atoms with E-state index in [2.05, 4.69) is 60.1 Å². The van der Waals surface area contributed by atoms with E-state index < -0.39 is 0 Å². The van der Waals surface area contributed by atoms with E-state index in [9.17, 15) is 0 Å². The Labute approximate surface area is 105 Å². The smallest absolute Gasteiger partial charge is 0.0281 e. The summed E-state index contributed by atoms with van der Waals surface area (Å²) in [7, 11) is 0. The van der Waals surface area contributed by atoms with Crippen molar-refractivity contribution in [2.75, 3.05) is 0 Å². The molecule has 0 fully saturated rings. The summed E-state index contributed by atoms with van der Waals surface area (Å²) in [6, 6.07) is 8.28. The average Bonchev–Trinajstić information content (AvgIpc) is 2.15. The Bertz CT molecular complexity index is 469. The van der Waals surface area contributed by atoms with Gasteiger partial charge in [0.05, 0.1) is 0 Å². The second-order valence-corrected chi connectivity index (χ2v) is 5.81. The van der Waals surface area contributed by atoms with Crippen molar-refractivity contribution in [1.29, 1.82) is 0 Å². The van der Waals surface area contributed by atoms with Crippen molar-refractivity contribution in [3.05, 3.63) is 52.2 Å². The number of hydrogen-bond donors (Lipinski definition) is 1. The molecule has 0 amide bonds. The number of benzene rings is 1. The Kier molecular flexibility index (Phi) is 2.94. The highest BCUT2D eigenvalue weighted by atomic mass is 79.9. The molecule has 0 radical (unpaired) electrons. The third kappa shape index (κ3) is 2.38. The SMILES string of the molecule is CC1(C)C=C(N)C=C(c2ccccc2Br)C1. The van der Waals surface area contributed by atoms with Crippen LogP contribution in [0.25, 0.3) is 5.57 Å². The van der Waals surface area contributed by atoms with Crippen molar-refractivity contribution in [2.45, 2.75) is 20.3 Å². The maximum Gasteiger partial charge on any atom is 0.0281 e. The lowest BCUT2D eigenvalue weighted by Crippen LogP contribution is -2.16. The van der Waals surface area contributed by atoms with Crippen LogP contribution in [-0.2, 0) is 0 Å². The van der Waals surface area contributed by atoms with Crippen molar-refractivity contribution < 1.29 is 0 Å². The highest BCUT2D eigenvalue weighted by Crippen LogP contribution is 2.38. The molecule has 0 heterocycles. The van der Waals surface area contributed by atoms with Crippen LogP contribution in [0.2, 0.25) is 0 Å². The Balaban J connectivity index is 2.44. The van der Waals surface area contributed by atoms with Crippen molar-refractivity contribution >= 4 is 21.5 Å². The van der Waals surface area contributed by atoms with E-state index >= 15 is 0 Å². The molecule has 0 aliphatic heterocycles. The lowest BCUT2D eigenvalue weighted by molar-refractivity contribution is 0.488. The molecule has 2 heteroatoms. The van der Waals surface area contributed by atoms with Gasteiger partial charge in [0.15, 0.2) is 0 Å². The van der Waals surface area contributed by atoms with E-state index in [1.165, 1.54) is 11.1 Å². The first-order valence-corrected chi connectivity index (χ1v) is 6.21. The summed E-state index contributed by atoms with van der Waals surface area (Å²) in [5.74, 6) is 0. The molecule has 0 spiro atoms. The minimum atomic E-state index is 0.142. The fraction of sp³-hybridized carbons (Fsp3) is 0.286. The average molecular weight is 278 g/mol. The fourth-order valence-corrected chi connectivity index (χ4v) is 2.72. The quantitative estimate of drug-likeness (QED) is 0.822. The molecule has 2 N–H and O–H groups in total. The third-order valence-electron chi connectivity index (χ3n) is 2.76. The van der Waals surface area contributed by atoms with Crippen molar-refractivity contribution in [1.82, 2.24) is 0 Å². The second kappa shape index (κ2) is 4.10. The Hall–Kier alpha value is -1.02. The van der Waals surface area contributed by atoms with Crippen molar-refractivity contribution in [2.24, 2.45) is 11.1 Å². The van der Waals surface area contributed by atoms with E-state index in [-0.39, 0.29) is 5.41 Å². The van der Waals surface area contributed by atoms with Gasteiger partial charge >= 0.3 is 0 Å². The van der Waals surface area contributed by atoms with Gasteiger partial charge in [0.25, 0.3) is 0 Å². The fourth-order valence-electron chi connectivity index (χ4n) is 2.18. The van der Waals surface area contributed by atoms with Gasteiger partial charge in [-0.15, -0.1) is 0 Å². The van der Waals surface area contributed by atoms with Gasteiger partial charge < -0.3 is 5.73 Å². The van der Waals surface area contributed by atoms with Crippen LogP contribution < -0.4 is 5.73 Å². The molecule has 84 valence electrons. The molecule has 0 bridgehead atoms. The number of nitrogens with two attached hydrogens (primary N) is 1. The standard InChI is InChI=1S/C14H16BrN/c1-14(2)8-10(7-11(16)9-14)12-5-3-4-6-13(12)15/h3-7,9H,8,16H2,1-2H3. The first-order valence-electron chi connectivity index (χ1n) is 5.42. The van der Waals surface area contributed by atoms with Crippen LogP contribution in [0.1, 0.15) is 25.8 Å². The third-order valence-corrected chi connectivity index (χ3v) is 3.46. The molecular weight excluding hydrogens is 262 g/mol. The van der Waals surface area contributed by atoms with Crippen molar-refractivity contribution in [3.63, 3.8) is 0 Å². The number of rotatable bonds is 1.